The summed E-state index contributed by atoms with van der Waals surface area (Å²) in [6.07, 6.45) is 4.03. The third kappa shape index (κ3) is 4.15. The monoisotopic (exact) mass is 307 g/mol. The fourth-order valence-electron chi connectivity index (χ4n) is 3.27. The van der Waals surface area contributed by atoms with Crippen LogP contribution in [0.15, 0.2) is 24.3 Å². The lowest BCUT2D eigenvalue weighted by atomic mass is 10.0. The molecule has 2 fully saturated rings. The summed E-state index contributed by atoms with van der Waals surface area (Å²) in [5, 5.41) is 0. The Morgan fingerprint density at radius 2 is 2.00 bits per heavy atom. The minimum Gasteiger partial charge on any atom is -0.497 e. The Balaban J connectivity index is 1.55. The fourth-order valence-corrected chi connectivity index (χ4v) is 4.35. The van der Waals surface area contributed by atoms with Gasteiger partial charge in [-0.2, -0.15) is 11.8 Å². The van der Waals surface area contributed by atoms with Crippen LogP contribution in [0.25, 0.3) is 0 Å². The minimum atomic E-state index is 0.335. The van der Waals surface area contributed by atoms with Crippen LogP contribution in [0.3, 0.4) is 0 Å². The first-order valence-electron chi connectivity index (χ1n) is 7.91. The average Bonchev–Trinajstić information content (AvgIpc) is 2.57. The Morgan fingerprint density at radius 1 is 1.24 bits per heavy atom. The molecule has 2 saturated heterocycles. The van der Waals surface area contributed by atoms with Gasteiger partial charge in [0.05, 0.1) is 19.8 Å². The lowest BCUT2D eigenvalue weighted by molar-refractivity contribution is -0.0435. The predicted octanol–water partition coefficient (Wildman–Crippen LogP) is 2.83. The maximum Gasteiger partial charge on any atom is 0.118 e. The van der Waals surface area contributed by atoms with E-state index in [9.17, 15) is 0 Å². The predicted molar refractivity (Wildman–Crippen MR) is 88.4 cm³/mol. The largest absolute Gasteiger partial charge is 0.497 e. The number of methoxy groups -OCH3 is 1. The van der Waals surface area contributed by atoms with Crippen LogP contribution in [-0.2, 0) is 11.2 Å². The van der Waals surface area contributed by atoms with Crippen molar-refractivity contribution in [2.45, 2.75) is 31.4 Å². The van der Waals surface area contributed by atoms with E-state index >= 15 is 0 Å². The van der Waals surface area contributed by atoms with Crippen LogP contribution in [0, 0.1) is 0 Å². The van der Waals surface area contributed by atoms with E-state index in [1.165, 1.54) is 29.9 Å². The van der Waals surface area contributed by atoms with Gasteiger partial charge in [0.2, 0.25) is 0 Å². The summed E-state index contributed by atoms with van der Waals surface area (Å²) in [6, 6.07) is 9.16. The molecule has 1 aromatic carbocycles. The summed E-state index contributed by atoms with van der Waals surface area (Å²) in [7, 11) is 1.71. The van der Waals surface area contributed by atoms with Crippen molar-refractivity contribution in [3.8, 4) is 5.75 Å². The molecule has 0 radical (unpaired) electrons. The van der Waals surface area contributed by atoms with Gasteiger partial charge in [-0.25, -0.2) is 0 Å². The Kier molecular flexibility index (Phi) is 5.44. The molecule has 4 heteroatoms. The summed E-state index contributed by atoms with van der Waals surface area (Å²) in [4.78, 5) is 2.66. The SMILES string of the molecule is COc1ccc(CC2CN(C3CCSCC3)CCO2)cc1. The second-order valence-corrected chi connectivity index (χ2v) is 7.11. The molecule has 21 heavy (non-hydrogen) atoms. The van der Waals surface area contributed by atoms with Gasteiger partial charge in [0, 0.05) is 19.1 Å². The van der Waals surface area contributed by atoms with Crippen molar-refractivity contribution >= 4 is 11.8 Å². The van der Waals surface area contributed by atoms with Crippen molar-refractivity contribution in [2.75, 3.05) is 38.3 Å². The highest BCUT2D eigenvalue weighted by Gasteiger charge is 2.27. The number of ether oxygens (including phenoxy) is 2. The summed E-state index contributed by atoms with van der Waals surface area (Å²) in [5.41, 5.74) is 1.34. The van der Waals surface area contributed by atoms with Crippen molar-refractivity contribution in [3.05, 3.63) is 29.8 Å². The van der Waals surface area contributed by atoms with Crippen LogP contribution in [-0.4, -0.2) is 55.4 Å². The van der Waals surface area contributed by atoms with Gasteiger partial charge in [-0.1, -0.05) is 12.1 Å². The lowest BCUT2D eigenvalue weighted by Gasteiger charge is -2.39. The first-order valence-corrected chi connectivity index (χ1v) is 9.07. The van der Waals surface area contributed by atoms with Crippen molar-refractivity contribution in [1.29, 1.82) is 0 Å². The molecular formula is C17H25NO2S. The van der Waals surface area contributed by atoms with Crippen LogP contribution in [0.1, 0.15) is 18.4 Å². The summed E-state index contributed by atoms with van der Waals surface area (Å²) >= 11 is 2.10. The Morgan fingerprint density at radius 3 is 2.71 bits per heavy atom. The third-order valence-corrected chi connectivity index (χ3v) is 5.55. The molecule has 3 nitrogen and oxygen atoms in total. The van der Waals surface area contributed by atoms with Gasteiger partial charge in [0.25, 0.3) is 0 Å². The molecule has 1 atom stereocenters. The van der Waals surface area contributed by atoms with Crippen LogP contribution < -0.4 is 4.74 Å². The van der Waals surface area contributed by atoms with Crippen molar-refractivity contribution in [3.63, 3.8) is 0 Å². The zero-order chi connectivity index (χ0) is 14.5. The average molecular weight is 307 g/mol. The third-order valence-electron chi connectivity index (χ3n) is 4.50. The van der Waals surface area contributed by atoms with Crippen LogP contribution in [0.4, 0.5) is 0 Å². The van der Waals surface area contributed by atoms with Gasteiger partial charge < -0.3 is 9.47 Å². The number of nitrogens with zero attached hydrogens (tertiary/aromatic N) is 1. The number of morpholine rings is 1. The zero-order valence-electron chi connectivity index (χ0n) is 12.8. The van der Waals surface area contributed by atoms with E-state index in [4.69, 9.17) is 9.47 Å². The topological polar surface area (TPSA) is 21.7 Å². The number of thioether (sulfide) groups is 1. The second kappa shape index (κ2) is 7.52. The van der Waals surface area contributed by atoms with Crippen molar-refractivity contribution in [2.24, 2.45) is 0 Å². The Hall–Kier alpha value is -0.710. The first-order chi connectivity index (χ1) is 10.3. The molecule has 0 amide bonds. The molecule has 3 rings (SSSR count). The van der Waals surface area contributed by atoms with E-state index in [1.54, 1.807) is 7.11 Å². The van der Waals surface area contributed by atoms with E-state index in [0.717, 1.165) is 37.9 Å². The number of hydrogen-bond donors (Lipinski definition) is 0. The molecule has 0 aliphatic carbocycles. The highest BCUT2D eigenvalue weighted by atomic mass is 32.2. The minimum absolute atomic E-state index is 0.335. The molecule has 2 heterocycles. The summed E-state index contributed by atoms with van der Waals surface area (Å²) in [5.74, 6) is 3.57. The molecule has 0 aromatic heterocycles. The van der Waals surface area contributed by atoms with E-state index in [1.807, 2.05) is 12.1 Å². The van der Waals surface area contributed by atoms with E-state index in [0.29, 0.717) is 6.10 Å². The number of benzene rings is 1. The van der Waals surface area contributed by atoms with Gasteiger partial charge >= 0.3 is 0 Å². The van der Waals surface area contributed by atoms with Crippen LogP contribution >= 0.6 is 11.8 Å². The standard InChI is InChI=1S/C17H25NO2S/c1-19-16-4-2-14(3-5-16)12-17-13-18(8-9-20-17)15-6-10-21-11-7-15/h2-5,15,17H,6-13H2,1H3. The number of hydrogen-bond acceptors (Lipinski definition) is 4. The molecule has 1 aromatic rings. The molecule has 116 valence electrons. The molecule has 0 bridgehead atoms. The molecule has 0 N–H and O–H groups in total. The summed E-state index contributed by atoms with van der Waals surface area (Å²) < 4.78 is 11.2. The molecule has 2 aliphatic heterocycles. The van der Waals surface area contributed by atoms with Gasteiger partial charge in [-0.3, -0.25) is 4.90 Å². The number of rotatable bonds is 4. The maximum atomic E-state index is 5.98. The van der Waals surface area contributed by atoms with Gasteiger partial charge in [-0.15, -0.1) is 0 Å². The first kappa shape index (κ1) is 15.2. The van der Waals surface area contributed by atoms with E-state index in [2.05, 4.69) is 28.8 Å². The molecule has 0 spiro atoms. The van der Waals surface area contributed by atoms with Gasteiger partial charge in [0.15, 0.2) is 0 Å². The normalized spacial score (nSPS) is 24.9. The quantitative estimate of drug-likeness (QED) is 0.852. The van der Waals surface area contributed by atoms with Gasteiger partial charge in [0.1, 0.15) is 5.75 Å². The Labute approximate surface area is 132 Å². The lowest BCUT2D eigenvalue weighted by Crippen LogP contribution is -2.49. The maximum absolute atomic E-state index is 5.98. The van der Waals surface area contributed by atoms with Crippen LogP contribution in [0.2, 0.25) is 0 Å². The van der Waals surface area contributed by atoms with Gasteiger partial charge in [-0.05, 0) is 48.5 Å². The van der Waals surface area contributed by atoms with E-state index in [-0.39, 0.29) is 0 Å². The second-order valence-electron chi connectivity index (χ2n) is 5.88. The highest BCUT2D eigenvalue weighted by Crippen LogP contribution is 2.24. The molecule has 0 saturated carbocycles. The van der Waals surface area contributed by atoms with Crippen molar-refractivity contribution < 1.29 is 9.47 Å². The smallest absolute Gasteiger partial charge is 0.118 e. The molecule has 1 unspecified atom stereocenters. The molecular weight excluding hydrogens is 282 g/mol. The van der Waals surface area contributed by atoms with Crippen molar-refractivity contribution in [1.82, 2.24) is 4.90 Å². The molecule has 2 aliphatic rings. The Bertz CT molecular complexity index is 431. The summed E-state index contributed by atoms with van der Waals surface area (Å²) in [6.45, 7) is 3.07. The zero-order valence-corrected chi connectivity index (χ0v) is 13.6. The van der Waals surface area contributed by atoms with Crippen LogP contribution in [0.5, 0.6) is 5.75 Å². The fraction of sp³-hybridized carbons (Fsp3) is 0.647. The highest BCUT2D eigenvalue weighted by molar-refractivity contribution is 7.99. The van der Waals surface area contributed by atoms with E-state index < -0.39 is 0 Å².